The third kappa shape index (κ3) is 2.56. The van der Waals surface area contributed by atoms with Gasteiger partial charge in [-0.1, -0.05) is 23.2 Å². The van der Waals surface area contributed by atoms with E-state index >= 15 is 0 Å². The lowest BCUT2D eigenvalue weighted by Crippen LogP contribution is -2.61. The summed E-state index contributed by atoms with van der Waals surface area (Å²) in [6, 6.07) is 2.18. The van der Waals surface area contributed by atoms with E-state index in [1.165, 1.54) is 0 Å². The lowest BCUT2D eigenvalue weighted by atomic mass is 10.0. The number of phenolic OH excluding ortho intramolecular Hbond substituents is 1. The summed E-state index contributed by atoms with van der Waals surface area (Å²) in [6.45, 7) is 0.629. The molecule has 21 heavy (non-hydrogen) atoms. The van der Waals surface area contributed by atoms with Crippen LogP contribution in [0.3, 0.4) is 0 Å². The van der Waals surface area contributed by atoms with Crippen LogP contribution in [0.2, 0.25) is 10.0 Å². The van der Waals surface area contributed by atoms with Crippen LogP contribution in [0.4, 0.5) is 0 Å². The van der Waals surface area contributed by atoms with E-state index < -0.39 is 6.04 Å². The van der Waals surface area contributed by atoms with Gasteiger partial charge in [0.25, 0.3) is 0 Å². The van der Waals surface area contributed by atoms with Crippen LogP contribution in [0, 0.1) is 0 Å². The van der Waals surface area contributed by atoms with Crippen LogP contribution in [-0.4, -0.2) is 40.4 Å². The smallest absolute Gasteiger partial charge is 0.246 e. The van der Waals surface area contributed by atoms with Gasteiger partial charge in [-0.15, -0.1) is 0 Å². The molecule has 7 heteroatoms. The zero-order chi connectivity index (χ0) is 15.1. The van der Waals surface area contributed by atoms with Crippen molar-refractivity contribution in [3.63, 3.8) is 0 Å². The van der Waals surface area contributed by atoms with E-state index in [0.29, 0.717) is 18.5 Å². The molecule has 2 atom stereocenters. The zero-order valence-electron chi connectivity index (χ0n) is 11.1. The molecule has 3 rings (SSSR count). The summed E-state index contributed by atoms with van der Waals surface area (Å²) in [5.41, 5.74) is 0.694. The highest BCUT2D eigenvalue weighted by molar-refractivity contribution is 6.37. The highest BCUT2D eigenvalue weighted by Gasteiger charge is 2.42. The molecule has 0 radical (unpaired) electrons. The third-order valence-electron chi connectivity index (χ3n) is 3.97. The van der Waals surface area contributed by atoms with Gasteiger partial charge >= 0.3 is 0 Å². The lowest BCUT2D eigenvalue weighted by Gasteiger charge is -2.34. The molecule has 2 aliphatic heterocycles. The lowest BCUT2D eigenvalue weighted by molar-refractivity contribution is -0.146. The molecule has 5 nitrogen and oxygen atoms in total. The molecule has 2 fully saturated rings. The molecule has 2 amide bonds. The maximum atomic E-state index is 12.4. The highest BCUT2D eigenvalue weighted by Crippen LogP contribution is 2.33. The summed E-state index contributed by atoms with van der Waals surface area (Å²) in [6.07, 6.45) is 1.88. The van der Waals surface area contributed by atoms with Crippen molar-refractivity contribution < 1.29 is 14.7 Å². The quantitative estimate of drug-likeness (QED) is 0.868. The predicted octanol–water partition coefficient (Wildman–Crippen LogP) is 1.73. The number of halogens is 2. The van der Waals surface area contributed by atoms with Crippen LogP contribution in [0.1, 0.15) is 18.4 Å². The summed E-state index contributed by atoms with van der Waals surface area (Å²) in [7, 11) is 0. The van der Waals surface area contributed by atoms with Crippen molar-refractivity contribution in [2.24, 2.45) is 0 Å². The number of amides is 2. The molecule has 0 bridgehead atoms. The number of fused-ring (bicyclic) bond motifs is 1. The summed E-state index contributed by atoms with van der Waals surface area (Å²) >= 11 is 11.7. The molecule has 0 saturated carbocycles. The van der Waals surface area contributed by atoms with Crippen molar-refractivity contribution in [3.8, 4) is 5.75 Å². The Labute approximate surface area is 131 Å². The average molecular weight is 329 g/mol. The molecule has 2 heterocycles. The number of benzene rings is 1. The van der Waals surface area contributed by atoms with E-state index in [9.17, 15) is 14.7 Å². The first-order valence-corrected chi connectivity index (χ1v) is 7.50. The van der Waals surface area contributed by atoms with Crippen molar-refractivity contribution in [2.75, 3.05) is 6.54 Å². The van der Waals surface area contributed by atoms with Gasteiger partial charge in [0.2, 0.25) is 11.8 Å². The van der Waals surface area contributed by atoms with Crippen molar-refractivity contribution in [1.29, 1.82) is 0 Å². The van der Waals surface area contributed by atoms with Gasteiger partial charge in [0, 0.05) is 13.0 Å². The third-order valence-corrected chi connectivity index (χ3v) is 4.55. The van der Waals surface area contributed by atoms with Crippen LogP contribution in [0.5, 0.6) is 5.75 Å². The number of carbonyl (C=O) groups excluding carboxylic acids is 2. The highest BCUT2D eigenvalue weighted by atomic mass is 35.5. The Morgan fingerprint density at radius 1 is 1.29 bits per heavy atom. The van der Waals surface area contributed by atoms with Crippen molar-refractivity contribution in [1.82, 2.24) is 10.2 Å². The molecule has 0 aromatic heterocycles. The van der Waals surface area contributed by atoms with Gasteiger partial charge in [-0.3, -0.25) is 9.59 Å². The molecule has 2 aliphatic rings. The number of hydrogen-bond donors (Lipinski definition) is 2. The first kappa shape index (κ1) is 14.5. The number of phenols is 1. The van der Waals surface area contributed by atoms with Gasteiger partial charge < -0.3 is 15.3 Å². The second kappa shape index (κ2) is 5.39. The van der Waals surface area contributed by atoms with Crippen molar-refractivity contribution in [3.05, 3.63) is 27.7 Å². The maximum Gasteiger partial charge on any atom is 0.246 e. The van der Waals surface area contributed by atoms with Crippen LogP contribution in [0.25, 0.3) is 0 Å². The number of hydrogen-bond acceptors (Lipinski definition) is 3. The fourth-order valence-corrected chi connectivity index (χ4v) is 3.48. The Kier molecular flexibility index (Phi) is 3.71. The molecule has 1 aromatic rings. The SMILES string of the molecule is O=C1N[C@H](Cc2cc(Cl)c(O)c(Cl)c2)C(=O)N2CCC[C@H]12. The molecule has 0 unspecified atom stereocenters. The summed E-state index contributed by atoms with van der Waals surface area (Å²) in [4.78, 5) is 26.0. The van der Waals surface area contributed by atoms with Gasteiger partial charge in [0.05, 0.1) is 10.0 Å². The summed E-state index contributed by atoms with van der Waals surface area (Å²) in [5.74, 6) is -0.355. The number of rotatable bonds is 2. The largest absolute Gasteiger partial charge is 0.505 e. The van der Waals surface area contributed by atoms with Gasteiger partial charge in [-0.2, -0.15) is 0 Å². The average Bonchev–Trinajstić information content (AvgIpc) is 2.92. The molecule has 0 aliphatic carbocycles. The molecule has 1 aromatic carbocycles. The van der Waals surface area contributed by atoms with E-state index in [1.807, 2.05) is 0 Å². The van der Waals surface area contributed by atoms with Gasteiger partial charge in [0.15, 0.2) is 5.75 Å². The number of aromatic hydroxyl groups is 1. The second-order valence-electron chi connectivity index (χ2n) is 5.36. The molecule has 0 spiro atoms. The normalized spacial score (nSPS) is 25.0. The summed E-state index contributed by atoms with van der Waals surface area (Å²) < 4.78 is 0. The van der Waals surface area contributed by atoms with Gasteiger partial charge in [-0.25, -0.2) is 0 Å². The zero-order valence-corrected chi connectivity index (χ0v) is 12.6. The molecule has 112 valence electrons. The van der Waals surface area contributed by atoms with E-state index in [1.54, 1.807) is 17.0 Å². The van der Waals surface area contributed by atoms with Crippen LogP contribution < -0.4 is 5.32 Å². The maximum absolute atomic E-state index is 12.4. The topological polar surface area (TPSA) is 69.6 Å². The Morgan fingerprint density at radius 2 is 1.95 bits per heavy atom. The Balaban J connectivity index is 1.81. The number of carbonyl (C=O) groups is 2. The number of piperazine rings is 1. The predicted molar refractivity (Wildman–Crippen MR) is 78.5 cm³/mol. The molecule has 2 N–H and O–H groups in total. The fourth-order valence-electron chi connectivity index (χ4n) is 2.94. The van der Waals surface area contributed by atoms with Crippen LogP contribution >= 0.6 is 23.2 Å². The molecular weight excluding hydrogens is 315 g/mol. The molecule has 2 saturated heterocycles. The van der Waals surface area contributed by atoms with E-state index in [2.05, 4.69) is 5.32 Å². The first-order chi connectivity index (χ1) is 9.97. The van der Waals surface area contributed by atoms with Crippen LogP contribution in [0.15, 0.2) is 12.1 Å². The standard InChI is InChI=1S/C14H14Cl2N2O3/c15-8-4-7(5-9(16)12(8)19)6-10-14(21)18-3-1-2-11(18)13(20)17-10/h4-5,10-11,19H,1-3,6H2,(H,17,20)/t10-,11-/m1/s1. The Morgan fingerprint density at radius 3 is 2.62 bits per heavy atom. The monoisotopic (exact) mass is 328 g/mol. The van der Waals surface area contributed by atoms with Crippen LogP contribution in [-0.2, 0) is 16.0 Å². The van der Waals surface area contributed by atoms with Gasteiger partial charge in [-0.05, 0) is 30.5 Å². The van der Waals surface area contributed by atoms with E-state index in [-0.39, 0.29) is 33.7 Å². The summed E-state index contributed by atoms with van der Waals surface area (Å²) in [5, 5.41) is 12.6. The minimum atomic E-state index is -0.608. The minimum absolute atomic E-state index is 0.0718. The molecular formula is C14H14Cl2N2O3. The van der Waals surface area contributed by atoms with Crippen molar-refractivity contribution >= 4 is 35.0 Å². The van der Waals surface area contributed by atoms with E-state index in [4.69, 9.17) is 23.2 Å². The number of nitrogens with zero attached hydrogens (tertiary/aromatic N) is 1. The second-order valence-corrected chi connectivity index (χ2v) is 6.18. The first-order valence-electron chi connectivity index (χ1n) is 6.75. The Bertz CT molecular complexity index is 597. The van der Waals surface area contributed by atoms with Crippen molar-refractivity contribution in [2.45, 2.75) is 31.3 Å². The van der Waals surface area contributed by atoms with E-state index in [0.717, 1.165) is 12.8 Å². The number of nitrogens with one attached hydrogen (secondary N) is 1. The Hall–Kier alpha value is -1.46. The fraction of sp³-hybridized carbons (Fsp3) is 0.429. The minimum Gasteiger partial charge on any atom is -0.505 e. The van der Waals surface area contributed by atoms with Gasteiger partial charge in [0.1, 0.15) is 12.1 Å².